The molecule has 0 aliphatic carbocycles. The number of amides is 1. The minimum Gasteiger partial charge on any atom is -0.497 e. The van der Waals surface area contributed by atoms with E-state index in [2.05, 4.69) is 10.2 Å². The zero-order valence-electron chi connectivity index (χ0n) is 13.9. The Morgan fingerprint density at radius 2 is 1.92 bits per heavy atom. The Hall–Kier alpha value is -3.15. The van der Waals surface area contributed by atoms with Gasteiger partial charge in [0.2, 0.25) is 0 Å². The number of carbonyl (C=O) groups excluding carboxylic acids is 1. The second-order valence-electron chi connectivity index (χ2n) is 6.00. The summed E-state index contributed by atoms with van der Waals surface area (Å²) in [7, 11) is 1.65. The third kappa shape index (κ3) is 2.87. The average molecular weight is 334 g/mol. The van der Waals surface area contributed by atoms with Crippen LogP contribution in [0.15, 0.2) is 61.2 Å². The van der Waals surface area contributed by atoms with E-state index in [0.29, 0.717) is 5.56 Å². The van der Waals surface area contributed by atoms with Gasteiger partial charge in [-0.25, -0.2) is 0 Å². The van der Waals surface area contributed by atoms with Crippen LogP contribution in [0, 0.1) is 0 Å². The summed E-state index contributed by atoms with van der Waals surface area (Å²) in [5, 5.41) is 7.62. The van der Waals surface area contributed by atoms with Gasteiger partial charge in [0.05, 0.1) is 13.2 Å². The van der Waals surface area contributed by atoms with Crippen molar-refractivity contribution in [2.24, 2.45) is 0 Å². The summed E-state index contributed by atoms with van der Waals surface area (Å²) >= 11 is 0. The van der Waals surface area contributed by atoms with Crippen LogP contribution in [0.5, 0.6) is 5.75 Å². The molecule has 0 bridgehead atoms. The highest BCUT2D eigenvalue weighted by Gasteiger charge is 2.34. The lowest BCUT2D eigenvalue weighted by Crippen LogP contribution is -2.45. The highest BCUT2D eigenvalue weighted by molar-refractivity contribution is 5.95. The normalized spacial score (nSPS) is 16.4. The first kappa shape index (κ1) is 15.4. The number of ether oxygens (including phenoxy) is 1. The fraction of sp³-hybridized carbons (Fsp3) is 0.211. The van der Waals surface area contributed by atoms with Crippen LogP contribution in [0.1, 0.15) is 28.4 Å². The van der Waals surface area contributed by atoms with E-state index in [1.165, 1.54) is 0 Å². The van der Waals surface area contributed by atoms with Gasteiger partial charge >= 0.3 is 0 Å². The lowest BCUT2D eigenvalue weighted by molar-refractivity contribution is 0.0460. The Balaban J connectivity index is 1.58. The molecule has 1 aliphatic heterocycles. The van der Waals surface area contributed by atoms with E-state index in [9.17, 15) is 4.79 Å². The molecule has 0 N–H and O–H groups in total. The maximum absolute atomic E-state index is 12.9. The van der Waals surface area contributed by atoms with Gasteiger partial charge in [0.1, 0.15) is 18.4 Å². The number of carbonyl (C=O) groups is 1. The maximum atomic E-state index is 12.9. The summed E-state index contributed by atoms with van der Waals surface area (Å²) in [6.07, 6.45) is 4.20. The van der Waals surface area contributed by atoms with Crippen LogP contribution in [-0.4, -0.2) is 39.2 Å². The number of rotatable bonds is 4. The predicted molar refractivity (Wildman–Crippen MR) is 92.7 cm³/mol. The van der Waals surface area contributed by atoms with Crippen molar-refractivity contribution in [3.63, 3.8) is 0 Å². The summed E-state index contributed by atoms with van der Waals surface area (Å²) in [5.41, 5.74) is 2.64. The first-order valence-corrected chi connectivity index (χ1v) is 8.16. The van der Waals surface area contributed by atoms with Gasteiger partial charge in [0.25, 0.3) is 5.91 Å². The highest BCUT2D eigenvalue weighted by atomic mass is 16.5. The summed E-state index contributed by atoms with van der Waals surface area (Å²) in [6.45, 7) is 0.761. The molecule has 1 atom stereocenters. The smallest absolute Gasteiger partial charge is 0.254 e. The molecule has 6 nitrogen and oxygen atoms in total. The molecule has 126 valence electrons. The third-order valence-electron chi connectivity index (χ3n) is 4.57. The monoisotopic (exact) mass is 334 g/mol. The van der Waals surface area contributed by atoms with Gasteiger partial charge in [-0.1, -0.05) is 18.2 Å². The molecule has 2 aromatic carbocycles. The van der Waals surface area contributed by atoms with Crippen molar-refractivity contribution in [1.82, 2.24) is 19.7 Å². The number of benzene rings is 2. The van der Waals surface area contributed by atoms with E-state index in [0.717, 1.165) is 30.0 Å². The first-order chi connectivity index (χ1) is 12.3. The molecule has 3 aromatic rings. The molecule has 1 aromatic heterocycles. The van der Waals surface area contributed by atoms with Crippen LogP contribution in [-0.2, 0) is 0 Å². The van der Waals surface area contributed by atoms with Crippen LogP contribution < -0.4 is 4.74 Å². The standard InChI is InChI=1S/C19H18N4O2/c1-25-17-7-3-4-14(11-17)18-8-9-23(18)19(24)15-5-2-6-16(10-15)22-12-20-21-13-22/h2-7,10-13,18H,8-9H2,1H3. The van der Waals surface area contributed by atoms with Gasteiger partial charge in [0.15, 0.2) is 0 Å². The number of methoxy groups -OCH3 is 1. The minimum atomic E-state index is 0.0361. The summed E-state index contributed by atoms with van der Waals surface area (Å²) in [4.78, 5) is 14.8. The topological polar surface area (TPSA) is 60.2 Å². The van der Waals surface area contributed by atoms with Crippen LogP contribution in [0.3, 0.4) is 0 Å². The molecule has 1 fully saturated rings. The third-order valence-corrected chi connectivity index (χ3v) is 4.57. The Bertz CT molecular complexity index is 892. The van der Waals surface area contributed by atoms with Gasteiger partial charge in [0, 0.05) is 17.8 Å². The Labute approximate surface area is 145 Å². The highest BCUT2D eigenvalue weighted by Crippen LogP contribution is 2.35. The quantitative estimate of drug-likeness (QED) is 0.736. The van der Waals surface area contributed by atoms with E-state index >= 15 is 0 Å². The summed E-state index contributed by atoms with van der Waals surface area (Å²) in [6, 6.07) is 15.5. The summed E-state index contributed by atoms with van der Waals surface area (Å²) < 4.78 is 7.08. The molecule has 1 aliphatic rings. The maximum Gasteiger partial charge on any atom is 0.254 e. The van der Waals surface area contributed by atoms with E-state index in [4.69, 9.17) is 4.74 Å². The van der Waals surface area contributed by atoms with Crippen LogP contribution >= 0.6 is 0 Å². The zero-order valence-corrected chi connectivity index (χ0v) is 13.9. The van der Waals surface area contributed by atoms with Crippen molar-refractivity contribution in [2.45, 2.75) is 12.5 Å². The van der Waals surface area contributed by atoms with E-state index < -0.39 is 0 Å². The number of aromatic nitrogens is 3. The molecular weight excluding hydrogens is 316 g/mol. The average Bonchev–Trinajstić information content (AvgIpc) is 3.16. The molecule has 2 heterocycles. The van der Waals surface area contributed by atoms with Crippen LogP contribution in [0.2, 0.25) is 0 Å². The lowest BCUT2D eigenvalue weighted by atomic mass is 9.93. The molecule has 0 spiro atoms. The molecule has 1 unspecified atom stereocenters. The molecule has 1 amide bonds. The molecule has 1 saturated heterocycles. The second kappa shape index (κ2) is 6.39. The SMILES string of the molecule is COc1cccc(C2CCN2C(=O)c2cccc(-n3cnnc3)c2)c1. The fourth-order valence-electron chi connectivity index (χ4n) is 3.13. The van der Waals surface area contributed by atoms with Crippen molar-refractivity contribution in [2.75, 3.05) is 13.7 Å². The molecule has 25 heavy (non-hydrogen) atoms. The van der Waals surface area contributed by atoms with Crippen molar-refractivity contribution < 1.29 is 9.53 Å². The molecular formula is C19H18N4O2. The number of hydrogen-bond acceptors (Lipinski definition) is 4. The first-order valence-electron chi connectivity index (χ1n) is 8.16. The number of nitrogens with zero attached hydrogens (tertiary/aromatic N) is 4. The van der Waals surface area contributed by atoms with Crippen molar-refractivity contribution in [1.29, 1.82) is 0 Å². The van der Waals surface area contributed by atoms with Gasteiger partial charge in [-0.05, 0) is 42.3 Å². The molecule has 0 saturated carbocycles. The van der Waals surface area contributed by atoms with Gasteiger partial charge in [-0.15, -0.1) is 10.2 Å². The lowest BCUT2D eigenvalue weighted by Gasteiger charge is -2.41. The van der Waals surface area contributed by atoms with E-state index in [-0.39, 0.29) is 11.9 Å². The molecule has 4 rings (SSSR count). The zero-order chi connectivity index (χ0) is 17.2. The Kier molecular flexibility index (Phi) is 3.93. The van der Waals surface area contributed by atoms with Crippen molar-refractivity contribution in [3.8, 4) is 11.4 Å². The number of likely N-dealkylation sites (tertiary alicyclic amines) is 1. The van der Waals surface area contributed by atoms with Gasteiger partial charge in [-0.3, -0.25) is 9.36 Å². The van der Waals surface area contributed by atoms with Crippen molar-refractivity contribution >= 4 is 5.91 Å². The molecule has 6 heteroatoms. The summed E-state index contributed by atoms with van der Waals surface area (Å²) in [5.74, 6) is 0.848. The van der Waals surface area contributed by atoms with E-state index in [1.807, 2.05) is 53.4 Å². The largest absolute Gasteiger partial charge is 0.497 e. The van der Waals surface area contributed by atoms with E-state index in [1.54, 1.807) is 24.3 Å². The van der Waals surface area contributed by atoms with Crippen molar-refractivity contribution in [3.05, 3.63) is 72.3 Å². The van der Waals surface area contributed by atoms with Gasteiger partial charge in [-0.2, -0.15) is 0 Å². The number of hydrogen-bond donors (Lipinski definition) is 0. The Morgan fingerprint density at radius 3 is 2.64 bits per heavy atom. The Morgan fingerprint density at radius 1 is 1.12 bits per heavy atom. The fourth-order valence-corrected chi connectivity index (χ4v) is 3.13. The minimum absolute atomic E-state index is 0.0361. The molecule has 0 radical (unpaired) electrons. The van der Waals surface area contributed by atoms with Crippen LogP contribution in [0.4, 0.5) is 0 Å². The van der Waals surface area contributed by atoms with Gasteiger partial charge < -0.3 is 9.64 Å². The van der Waals surface area contributed by atoms with Crippen LogP contribution in [0.25, 0.3) is 5.69 Å². The predicted octanol–water partition coefficient (Wildman–Crippen LogP) is 2.86. The second-order valence-corrected chi connectivity index (χ2v) is 6.00.